The number of fused-ring (bicyclic) bond motifs is 1. The third-order valence-corrected chi connectivity index (χ3v) is 6.26. The summed E-state index contributed by atoms with van der Waals surface area (Å²) in [5.41, 5.74) is 8.83. The lowest BCUT2D eigenvalue weighted by Gasteiger charge is -2.24. The first-order valence-corrected chi connectivity index (χ1v) is 10.1. The van der Waals surface area contributed by atoms with E-state index in [0.29, 0.717) is 26.4 Å². The van der Waals surface area contributed by atoms with Gasteiger partial charge in [-0.15, -0.1) is 0 Å². The number of hydrogen-bond acceptors (Lipinski definition) is 6. The zero-order valence-corrected chi connectivity index (χ0v) is 17.9. The number of nitrogens with zero attached hydrogens (tertiary/aromatic N) is 4. The third kappa shape index (κ3) is 3.17. The Morgan fingerprint density at radius 2 is 1.97 bits per heavy atom. The Morgan fingerprint density at radius 3 is 2.53 bits per heavy atom. The zero-order valence-electron chi connectivity index (χ0n) is 17.0. The summed E-state index contributed by atoms with van der Waals surface area (Å²) in [7, 11) is 3.43. The Bertz CT molecular complexity index is 1360. The van der Waals surface area contributed by atoms with Crippen LogP contribution >= 0.6 is 11.3 Å². The SMILES string of the molecule is COc1ccc(C2C(C(N)=O)=C(C)N=c3sc(=Cc4cnn(C)c4C)c(=O)n32)cc1. The van der Waals surface area contributed by atoms with Crippen molar-refractivity contribution in [3.05, 3.63) is 78.2 Å². The molecule has 9 heteroatoms. The second kappa shape index (κ2) is 7.42. The highest BCUT2D eigenvalue weighted by Gasteiger charge is 2.31. The lowest BCUT2D eigenvalue weighted by molar-refractivity contribution is -0.115. The molecule has 1 unspecified atom stereocenters. The first-order valence-electron chi connectivity index (χ1n) is 9.26. The first kappa shape index (κ1) is 19.8. The average molecular weight is 423 g/mol. The summed E-state index contributed by atoms with van der Waals surface area (Å²) in [6.07, 6.45) is 3.52. The van der Waals surface area contributed by atoms with Gasteiger partial charge in [-0.2, -0.15) is 5.10 Å². The summed E-state index contributed by atoms with van der Waals surface area (Å²) in [6, 6.07) is 6.58. The monoisotopic (exact) mass is 423 g/mol. The molecule has 0 spiro atoms. The van der Waals surface area contributed by atoms with Gasteiger partial charge in [-0.1, -0.05) is 23.5 Å². The number of primary amides is 1. The fraction of sp³-hybridized carbons (Fsp3) is 0.238. The van der Waals surface area contributed by atoms with Crippen molar-refractivity contribution < 1.29 is 9.53 Å². The summed E-state index contributed by atoms with van der Waals surface area (Å²) in [6.45, 7) is 3.67. The molecule has 0 bridgehead atoms. The minimum atomic E-state index is -0.651. The van der Waals surface area contributed by atoms with Gasteiger partial charge in [-0.05, 0) is 37.6 Å². The van der Waals surface area contributed by atoms with Crippen molar-refractivity contribution >= 4 is 23.3 Å². The number of hydrogen-bond donors (Lipinski definition) is 1. The van der Waals surface area contributed by atoms with Crippen LogP contribution in [0.2, 0.25) is 0 Å². The van der Waals surface area contributed by atoms with Crippen LogP contribution in [0, 0.1) is 6.92 Å². The molecule has 154 valence electrons. The molecule has 2 aromatic heterocycles. The third-order valence-electron chi connectivity index (χ3n) is 5.28. The molecule has 1 aromatic carbocycles. The second-order valence-corrected chi connectivity index (χ2v) is 8.04. The Hall–Kier alpha value is -3.46. The maximum atomic E-state index is 13.4. The van der Waals surface area contributed by atoms with Crippen LogP contribution in [0.3, 0.4) is 0 Å². The van der Waals surface area contributed by atoms with Gasteiger partial charge < -0.3 is 10.5 Å². The number of thiazole rings is 1. The quantitative estimate of drug-likeness (QED) is 0.669. The molecular formula is C21H21N5O3S. The standard InChI is InChI=1S/C21H21N5O3S/c1-11-17(19(22)27)18(13-5-7-15(29-4)8-6-13)26-20(28)16(30-21(26)24-11)9-14-10-23-25(3)12(14)2/h5-10,18H,1-4H3,(H2,22,27). The summed E-state index contributed by atoms with van der Waals surface area (Å²) in [5, 5.41) is 4.23. The van der Waals surface area contributed by atoms with Gasteiger partial charge in [0.1, 0.15) is 5.75 Å². The van der Waals surface area contributed by atoms with Crippen molar-refractivity contribution in [2.75, 3.05) is 7.11 Å². The van der Waals surface area contributed by atoms with Gasteiger partial charge in [0.25, 0.3) is 5.56 Å². The Morgan fingerprint density at radius 1 is 1.27 bits per heavy atom. The van der Waals surface area contributed by atoms with Crippen LogP contribution in [0.25, 0.3) is 6.08 Å². The number of ether oxygens (including phenoxy) is 1. The van der Waals surface area contributed by atoms with E-state index < -0.39 is 11.9 Å². The van der Waals surface area contributed by atoms with Crippen molar-refractivity contribution in [1.29, 1.82) is 0 Å². The van der Waals surface area contributed by atoms with Crippen LogP contribution < -0.4 is 25.4 Å². The van der Waals surface area contributed by atoms with E-state index >= 15 is 0 Å². The number of nitrogens with two attached hydrogens (primary N) is 1. The fourth-order valence-corrected chi connectivity index (χ4v) is 4.57. The Labute approximate surface area is 176 Å². The molecule has 1 atom stereocenters. The predicted octanol–water partition coefficient (Wildman–Crippen LogP) is 0.771. The van der Waals surface area contributed by atoms with Crippen molar-refractivity contribution in [2.24, 2.45) is 17.8 Å². The number of aryl methyl sites for hydroxylation is 1. The van der Waals surface area contributed by atoms with Crippen molar-refractivity contribution in [2.45, 2.75) is 19.9 Å². The van der Waals surface area contributed by atoms with Gasteiger partial charge in [-0.25, -0.2) is 4.99 Å². The molecule has 0 fully saturated rings. The fourth-order valence-electron chi connectivity index (χ4n) is 3.54. The first-order chi connectivity index (χ1) is 14.3. The van der Waals surface area contributed by atoms with Crippen LogP contribution in [0.4, 0.5) is 0 Å². The van der Waals surface area contributed by atoms with E-state index in [1.807, 2.05) is 26.1 Å². The Kier molecular flexibility index (Phi) is 4.90. The number of carbonyl (C=O) groups is 1. The maximum absolute atomic E-state index is 13.4. The molecule has 1 amide bonds. The van der Waals surface area contributed by atoms with E-state index in [2.05, 4.69) is 10.1 Å². The average Bonchev–Trinajstić information content (AvgIpc) is 3.20. The van der Waals surface area contributed by atoms with E-state index in [0.717, 1.165) is 16.8 Å². The zero-order chi connectivity index (χ0) is 21.6. The summed E-state index contributed by atoms with van der Waals surface area (Å²) < 4.78 is 9.03. The van der Waals surface area contributed by atoms with Gasteiger partial charge in [-0.3, -0.25) is 18.8 Å². The van der Waals surface area contributed by atoms with Gasteiger partial charge in [0, 0.05) is 18.3 Å². The van der Waals surface area contributed by atoms with E-state index in [1.54, 1.807) is 43.1 Å². The minimum absolute atomic E-state index is 0.228. The summed E-state index contributed by atoms with van der Waals surface area (Å²) in [5.74, 6) is 0.0778. The molecule has 3 heterocycles. The highest BCUT2D eigenvalue weighted by Crippen LogP contribution is 2.30. The minimum Gasteiger partial charge on any atom is -0.497 e. The smallest absolute Gasteiger partial charge is 0.271 e. The van der Waals surface area contributed by atoms with Gasteiger partial charge in [0.15, 0.2) is 4.80 Å². The molecule has 1 aliphatic rings. The van der Waals surface area contributed by atoms with Gasteiger partial charge in [0.05, 0.1) is 35.2 Å². The number of allylic oxidation sites excluding steroid dienone is 1. The predicted molar refractivity (Wildman–Crippen MR) is 114 cm³/mol. The highest BCUT2D eigenvalue weighted by atomic mass is 32.1. The molecular weight excluding hydrogens is 402 g/mol. The normalized spacial score (nSPS) is 16.4. The number of benzene rings is 1. The largest absolute Gasteiger partial charge is 0.497 e. The summed E-state index contributed by atoms with van der Waals surface area (Å²) >= 11 is 1.28. The molecule has 4 rings (SSSR count). The lowest BCUT2D eigenvalue weighted by atomic mass is 9.95. The maximum Gasteiger partial charge on any atom is 0.271 e. The lowest BCUT2D eigenvalue weighted by Crippen LogP contribution is -2.40. The molecule has 0 saturated heterocycles. The van der Waals surface area contributed by atoms with Gasteiger partial charge in [0.2, 0.25) is 5.91 Å². The van der Waals surface area contributed by atoms with Crippen LogP contribution in [-0.4, -0.2) is 27.4 Å². The molecule has 2 N–H and O–H groups in total. The topological polar surface area (TPSA) is 104 Å². The van der Waals surface area contributed by atoms with E-state index in [4.69, 9.17) is 10.5 Å². The highest BCUT2D eigenvalue weighted by molar-refractivity contribution is 7.07. The molecule has 0 aliphatic carbocycles. The number of aromatic nitrogens is 3. The van der Waals surface area contributed by atoms with Crippen LogP contribution in [-0.2, 0) is 11.8 Å². The molecule has 0 radical (unpaired) electrons. The van der Waals surface area contributed by atoms with Crippen molar-refractivity contribution in [3.8, 4) is 5.75 Å². The molecule has 0 saturated carbocycles. The number of amides is 1. The molecule has 1 aliphatic heterocycles. The van der Waals surface area contributed by atoms with E-state index in [9.17, 15) is 9.59 Å². The van der Waals surface area contributed by atoms with Gasteiger partial charge >= 0.3 is 0 Å². The molecule has 30 heavy (non-hydrogen) atoms. The van der Waals surface area contributed by atoms with Crippen LogP contribution in [0.5, 0.6) is 5.75 Å². The van der Waals surface area contributed by atoms with Crippen molar-refractivity contribution in [1.82, 2.24) is 14.3 Å². The van der Waals surface area contributed by atoms with Crippen LogP contribution in [0.15, 0.2) is 51.5 Å². The number of carbonyl (C=O) groups excluding carboxylic acids is 1. The van der Waals surface area contributed by atoms with Crippen molar-refractivity contribution in [3.63, 3.8) is 0 Å². The number of rotatable bonds is 4. The van der Waals surface area contributed by atoms with Crippen LogP contribution in [0.1, 0.15) is 29.8 Å². The van der Waals surface area contributed by atoms with E-state index in [1.165, 1.54) is 15.9 Å². The van der Waals surface area contributed by atoms with E-state index in [-0.39, 0.29) is 5.56 Å². The number of methoxy groups -OCH3 is 1. The summed E-state index contributed by atoms with van der Waals surface area (Å²) in [4.78, 5) is 30.7. The molecule has 8 nitrogen and oxygen atoms in total. The Balaban J connectivity index is 1.97. The molecule has 3 aromatic rings. The second-order valence-electron chi connectivity index (χ2n) is 7.03.